The van der Waals surface area contributed by atoms with Crippen molar-refractivity contribution >= 4 is 17.6 Å². The lowest BCUT2D eigenvalue weighted by Gasteiger charge is -2.14. The molecule has 0 fully saturated rings. The standard InChI is InChI=1S/C12H12F2N2O6/c13-10(14)5-7(12(18)19)15-11(17)6-22-9-4-2-1-3-8(9)16(20)21/h1-4,7,10H,5-6H2,(H,15,17)(H,18,19). The molecule has 0 aliphatic carbocycles. The zero-order chi connectivity index (χ0) is 16.7. The molecular weight excluding hydrogens is 306 g/mol. The molecule has 2 N–H and O–H groups in total. The Balaban J connectivity index is 2.62. The summed E-state index contributed by atoms with van der Waals surface area (Å²) >= 11 is 0. The summed E-state index contributed by atoms with van der Waals surface area (Å²) in [6.45, 7) is -0.738. The third-order valence-corrected chi connectivity index (χ3v) is 2.47. The van der Waals surface area contributed by atoms with Gasteiger partial charge in [-0.2, -0.15) is 0 Å². The first-order chi connectivity index (χ1) is 10.3. The van der Waals surface area contributed by atoms with Crippen LogP contribution in [-0.2, 0) is 9.59 Å². The van der Waals surface area contributed by atoms with Crippen molar-refractivity contribution in [2.75, 3.05) is 6.61 Å². The van der Waals surface area contributed by atoms with Crippen LogP contribution in [0.3, 0.4) is 0 Å². The number of carbonyl (C=O) groups is 2. The number of nitro benzene ring substituents is 1. The van der Waals surface area contributed by atoms with E-state index < -0.39 is 42.3 Å². The van der Waals surface area contributed by atoms with Crippen molar-refractivity contribution in [2.24, 2.45) is 0 Å². The van der Waals surface area contributed by atoms with E-state index in [0.717, 1.165) is 6.07 Å². The number of nitrogens with one attached hydrogen (secondary N) is 1. The zero-order valence-electron chi connectivity index (χ0n) is 11.1. The smallest absolute Gasteiger partial charge is 0.326 e. The van der Waals surface area contributed by atoms with Gasteiger partial charge in [0.05, 0.1) is 4.92 Å². The highest BCUT2D eigenvalue weighted by molar-refractivity contribution is 5.84. The van der Waals surface area contributed by atoms with Crippen LogP contribution < -0.4 is 10.1 Å². The van der Waals surface area contributed by atoms with Gasteiger partial charge in [0.15, 0.2) is 12.4 Å². The van der Waals surface area contributed by atoms with Crippen molar-refractivity contribution < 1.29 is 33.1 Å². The third kappa shape index (κ3) is 5.31. The van der Waals surface area contributed by atoms with E-state index in [0.29, 0.717) is 0 Å². The van der Waals surface area contributed by atoms with Gasteiger partial charge in [0, 0.05) is 12.5 Å². The Kier molecular flexibility index (Phi) is 6.17. The second-order valence-electron chi connectivity index (χ2n) is 4.10. The Labute approximate surface area is 122 Å². The van der Waals surface area contributed by atoms with E-state index in [-0.39, 0.29) is 11.4 Å². The highest BCUT2D eigenvalue weighted by Gasteiger charge is 2.24. The third-order valence-electron chi connectivity index (χ3n) is 2.47. The topological polar surface area (TPSA) is 119 Å². The van der Waals surface area contributed by atoms with Crippen molar-refractivity contribution in [1.29, 1.82) is 0 Å². The van der Waals surface area contributed by atoms with Crippen LogP contribution in [0, 0.1) is 10.1 Å². The molecule has 10 heteroatoms. The van der Waals surface area contributed by atoms with Crippen LogP contribution >= 0.6 is 0 Å². The highest BCUT2D eigenvalue weighted by Crippen LogP contribution is 2.25. The van der Waals surface area contributed by atoms with Crippen LogP contribution in [0.1, 0.15) is 6.42 Å². The number of rotatable bonds is 8. The van der Waals surface area contributed by atoms with Crippen LogP contribution in [0.2, 0.25) is 0 Å². The largest absolute Gasteiger partial charge is 0.480 e. The quantitative estimate of drug-likeness (QED) is 0.549. The number of carboxylic acids is 1. The minimum absolute atomic E-state index is 0.191. The van der Waals surface area contributed by atoms with Gasteiger partial charge in [-0.25, -0.2) is 13.6 Å². The van der Waals surface area contributed by atoms with E-state index >= 15 is 0 Å². The number of para-hydroxylation sites is 2. The minimum Gasteiger partial charge on any atom is -0.480 e. The molecule has 0 spiro atoms. The van der Waals surface area contributed by atoms with Gasteiger partial charge in [0.1, 0.15) is 6.04 Å². The number of carboxylic acid groups (broad SMARTS) is 1. The van der Waals surface area contributed by atoms with Gasteiger partial charge >= 0.3 is 11.7 Å². The Morgan fingerprint density at radius 1 is 1.36 bits per heavy atom. The number of hydrogen-bond donors (Lipinski definition) is 2. The van der Waals surface area contributed by atoms with Gasteiger partial charge in [0.2, 0.25) is 6.43 Å². The monoisotopic (exact) mass is 318 g/mol. The predicted molar refractivity (Wildman–Crippen MR) is 68.8 cm³/mol. The fourth-order valence-electron chi connectivity index (χ4n) is 1.51. The van der Waals surface area contributed by atoms with Gasteiger partial charge < -0.3 is 15.2 Å². The fourth-order valence-corrected chi connectivity index (χ4v) is 1.51. The molecule has 8 nitrogen and oxygen atoms in total. The Bertz CT molecular complexity index is 566. The average molecular weight is 318 g/mol. The number of nitro groups is 1. The first-order valence-corrected chi connectivity index (χ1v) is 5.97. The molecule has 120 valence electrons. The van der Waals surface area contributed by atoms with Crippen molar-refractivity contribution in [3.8, 4) is 5.75 Å². The van der Waals surface area contributed by atoms with E-state index in [1.807, 2.05) is 5.32 Å². The molecule has 1 atom stereocenters. The lowest BCUT2D eigenvalue weighted by molar-refractivity contribution is -0.385. The first-order valence-electron chi connectivity index (χ1n) is 5.97. The SMILES string of the molecule is O=C(COc1ccccc1[N+](=O)[O-])NC(CC(F)F)C(=O)O. The van der Waals surface area contributed by atoms with Crippen molar-refractivity contribution in [2.45, 2.75) is 18.9 Å². The average Bonchev–Trinajstić information content (AvgIpc) is 2.44. The molecule has 1 aromatic carbocycles. The number of ether oxygens (including phenoxy) is 1. The minimum atomic E-state index is -2.91. The summed E-state index contributed by atoms with van der Waals surface area (Å²) in [5, 5.41) is 21.3. The number of alkyl halides is 2. The van der Waals surface area contributed by atoms with Gasteiger partial charge in [-0.15, -0.1) is 0 Å². The van der Waals surface area contributed by atoms with E-state index in [2.05, 4.69) is 0 Å². The molecule has 0 radical (unpaired) electrons. The Hall–Kier alpha value is -2.78. The molecule has 1 amide bonds. The normalized spacial score (nSPS) is 11.8. The number of amides is 1. The molecule has 0 saturated heterocycles. The summed E-state index contributed by atoms with van der Waals surface area (Å²) in [5.74, 6) is -2.78. The van der Waals surface area contributed by atoms with Gasteiger partial charge in [0.25, 0.3) is 5.91 Å². The van der Waals surface area contributed by atoms with Crippen molar-refractivity contribution in [3.05, 3.63) is 34.4 Å². The number of benzene rings is 1. The van der Waals surface area contributed by atoms with E-state index in [4.69, 9.17) is 9.84 Å². The Morgan fingerprint density at radius 3 is 2.55 bits per heavy atom. The van der Waals surface area contributed by atoms with E-state index in [9.17, 15) is 28.5 Å². The fraction of sp³-hybridized carbons (Fsp3) is 0.333. The molecule has 1 rings (SSSR count). The first kappa shape index (κ1) is 17.3. The molecule has 0 aromatic heterocycles. The molecule has 0 saturated carbocycles. The molecule has 0 heterocycles. The van der Waals surface area contributed by atoms with E-state index in [1.54, 1.807) is 0 Å². The maximum absolute atomic E-state index is 12.2. The highest BCUT2D eigenvalue weighted by atomic mass is 19.3. The lowest BCUT2D eigenvalue weighted by atomic mass is 10.2. The molecule has 22 heavy (non-hydrogen) atoms. The van der Waals surface area contributed by atoms with Crippen LogP contribution in [0.4, 0.5) is 14.5 Å². The van der Waals surface area contributed by atoms with Crippen LogP contribution in [0.5, 0.6) is 5.75 Å². The Morgan fingerprint density at radius 2 is 2.00 bits per heavy atom. The maximum atomic E-state index is 12.2. The number of aliphatic carboxylic acids is 1. The molecule has 0 bridgehead atoms. The lowest BCUT2D eigenvalue weighted by Crippen LogP contribution is -2.44. The van der Waals surface area contributed by atoms with Gasteiger partial charge in [-0.3, -0.25) is 14.9 Å². The number of halogens is 2. The van der Waals surface area contributed by atoms with Crippen LogP contribution in [-0.4, -0.2) is 41.0 Å². The number of nitrogens with zero attached hydrogens (tertiary/aromatic N) is 1. The maximum Gasteiger partial charge on any atom is 0.326 e. The van der Waals surface area contributed by atoms with Crippen LogP contribution in [0.15, 0.2) is 24.3 Å². The van der Waals surface area contributed by atoms with Crippen LogP contribution in [0.25, 0.3) is 0 Å². The summed E-state index contributed by atoms with van der Waals surface area (Å²) in [7, 11) is 0. The van der Waals surface area contributed by atoms with Gasteiger partial charge in [-0.1, -0.05) is 12.1 Å². The second kappa shape index (κ2) is 7.86. The zero-order valence-corrected chi connectivity index (χ0v) is 11.1. The summed E-state index contributed by atoms with van der Waals surface area (Å²) < 4.78 is 29.2. The molecule has 1 unspecified atom stereocenters. The molecular formula is C12H12F2N2O6. The molecule has 0 aliphatic rings. The number of hydrogen-bond acceptors (Lipinski definition) is 5. The summed E-state index contributed by atoms with van der Waals surface area (Å²) in [6, 6.07) is 3.48. The summed E-state index contributed by atoms with van der Waals surface area (Å²) in [5.41, 5.74) is -0.377. The molecule has 0 aliphatic heterocycles. The van der Waals surface area contributed by atoms with Crippen molar-refractivity contribution in [1.82, 2.24) is 5.32 Å². The summed E-state index contributed by atoms with van der Waals surface area (Å²) in [6.07, 6.45) is -3.95. The second-order valence-corrected chi connectivity index (χ2v) is 4.10. The predicted octanol–water partition coefficient (Wildman–Crippen LogP) is 1.20. The van der Waals surface area contributed by atoms with Crippen molar-refractivity contribution in [3.63, 3.8) is 0 Å². The van der Waals surface area contributed by atoms with Gasteiger partial charge in [-0.05, 0) is 6.07 Å². The summed E-state index contributed by atoms with van der Waals surface area (Å²) in [4.78, 5) is 32.2. The van der Waals surface area contributed by atoms with E-state index in [1.165, 1.54) is 18.2 Å². The molecule has 1 aromatic rings. The number of carbonyl (C=O) groups excluding carboxylic acids is 1.